The highest BCUT2D eigenvalue weighted by molar-refractivity contribution is 7.99. The average molecular weight is 300 g/mol. The van der Waals surface area contributed by atoms with Gasteiger partial charge in [-0.1, -0.05) is 0 Å². The third kappa shape index (κ3) is 2.85. The highest BCUT2D eigenvalue weighted by atomic mass is 32.2. The predicted molar refractivity (Wildman–Crippen MR) is 83.7 cm³/mol. The van der Waals surface area contributed by atoms with Gasteiger partial charge < -0.3 is 4.74 Å². The molecule has 5 heteroatoms. The number of hydrogen-bond donors (Lipinski definition) is 0. The largest absolute Gasteiger partial charge is 0.443 e. The Morgan fingerprint density at radius 3 is 2.15 bits per heavy atom. The molecule has 0 amide bonds. The Morgan fingerprint density at radius 2 is 1.70 bits per heavy atom. The van der Waals surface area contributed by atoms with Gasteiger partial charge in [-0.3, -0.25) is 9.69 Å². The summed E-state index contributed by atoms with van der Waals surface area (Å²) < 4.78 is 5.80. The summed E-state index contributed by atoms with van der Waals surface area (Å²) in [6.45, 7) is 13.5. The Bertz CT molecular complexity index is 382. The maximum Gasteiger partial charge on any atom is 0.322 e. The van der Waals surface area contributed by atoms with Crippen LogP contribution in [0.3, 0.4) is 0 Å². The van der Waals surface area contributed by atoms with E-state index in [-0.39, 0.29) is 22.1 Å². The summed E-state index contributed by atoms with van der Waals surface area (Å²) in [6, 6.07) is 0. The summed E-state index contributed by atoms with van der Waals surface area (Å²) in [4.78, 5) is 16.6. The molecule has 0 unspecified atom stereocenters. The van der Waals surface area contributed by atoms with Gasteiger partial charge in [-0.05, 0) is 40.9 Å². The van der Waals surface area contributed by atoms with E-state index in [1.165, 1.54) is 0 Å². The molecule has 0 aliphatic carbocycles. The SMILES string of the molecule is CSC(C)(C)N1CC(=O)OC12CCN(C(C)(C)C)CC2. The molecule has 2 rings (SSSR count). The number of carbonyl (C=O) groups is 1. The highest BCUT2D eigenvalue weighted by Crippen LogP contribution is 2.43. The van der Waals surface area contributed by atoms with E-state index in [9.17, 15) is 4.79 Å². The monoisotopic (exact) mass is 300 g/mol. The molecule has 2 fully saturated rings. The van der Waals surface area contributed by atoms with Gasteiger partial charge in [0.1, 0.15) is 6.54 Å². The molecule has 116 valence electrons. The maximum absolute atomic E-state index is 11.9. The van der Waals surface area contributed by atoms with Crippen LogP contribution in [0.2, 0.25) is 0 Å². The third-order valence-corrected chi connectivity index (χ3v) is 5.95. The molecule has 0 saturated carbocycles. The Kier molecular flexibility index (Phi) is 4.17. The number of piperidine rings is 1. The van der Waals surface area contributed by atoms with Crippen molar-refractivity contribution in [1.29, 1.82) is 0 Å². The van der Waals surface area contributed by atoms with Crippen molar-refractivity contribution in [1.82, 2.24) is 9.80 Å². The van der Waals surface area contributed by atoms with E-state index in [0.29, 0.717) is 6.54 Å². The molecule has 0 aromatic carbocycles. The minimum atomic E-state index is -0.384. The Labute approximate surface area is 127 Å². The van der Waals surface area contributed by atoms with E-state index in [0.717, 1.165) is 25.9 Å². The number of esters is 1. The van der Waals surface area contributed by atoms with Crippen LogP contribution in [-0.2, 0) is 9.53 Å². The van der Waals surface area contributed by atoms with Gasteiger partial charge in [-0.25, -0.2) is 4.90 Å². The molecular formula is C15H28N2O2S. The molecule has 0 radical (unpaired) electrons. The molecule has 0 aromatic rings. The summed E-state index contributed by atoms with van der Waals surface area (Å²) in [5.74, 6) is -0.0728. The van der Waals surface area contributed by atoms with E-state index < -0.39 is 0 Å². The van der Waals surface area contributed by atoms with Crippen LogP contribution in [0.25, 0.3) is 0 Å². The van der Waals surface area contributed by atoms with Crippen molar-refractivity contribution >= 4 is 17.7 Å². The molecule has 2 saturated heterocycles. The number of rotatable bonds is 2. The molecule has 0 bridgehead atoms. The second kappa shape index (κ2) is 5.18. The van der Waals surface area contributed by atoms with E-state index in [4.69, 9.17) is 4.74 Å². The van der Waals surface area contributed by atoms with Crippen LogP contribution < -0.4 is 0 Å². The van der Waals surface area contributed by atoms with Gasteiger partial charge in [0.15, 0.2) is 5.72 Å². The molecule has 0 atom stereocenters. The van der Waals surface area contributed by atoms with Crippen LogP contribution in [0.1, 0.15) is 47.5 Å². The predicted octanol–water partition coefficient (Wildman–Crippen LogP) is 2.53. The second-order valence-electron chi connectivity index (χ2n) is 7.32. The van der Waals surface area contributed by atoms with Crippen LogP contribution >= 0.6 is 11.8 Å². The highest BCUT2D eigenvalue weighted by Gasteiger charge is 2.54. The smallest absolute Gasteiger partial charge is 0.322 e. The summed E-state index contributed by atoms with van der Waals surface area (Å²) in [7, 11) is 0. The Morgan fingerprint density at radius 1 is 1.15 bits per heavy atom. The van der Waals surface area contributed by atoms with E-state index in [1.54, 1.807) is 11.8 Å². The van der Waals surface area contributed by atoms with Gasteiger partial charge in [0.05, 0.1) is 4.87 Å². The summed E-state index contributed by atoms with van der Waals surface area (Å²) in [5.41, 5.74) is -0.199. The molecule has 2 aliphatic rings. The van der Waals surface area contributed by atoms with Crippen LogP contribution in [0.15, 0.2) is 0 Å². The van der Waals surface area contributed by atoms with Crippen molar-refractivity contribution in [2.24, 2.45) is 0 Å². The first-order valence-corrected chi connectivity index (χ1v) is 8.63. The number of likely N-dealkylation sites (tertiary alicyclic amines) is 1. The first-order chi connectivity index (χ1) is 9.11. The molecular weight excluding hydrogens is 272 g/mol. The third-order valence-electron chi connectivity index (χ3n) is 4.73. The Hall–Kier alpha value is -0.260. The fourth-order valence-electron chi connectivity index (χ4n) is 3.26. The first-order valence-electron chi connectivity index (χ1n) is 7.40. The zero-order valence-electron chi connectivity index (χ0n) is 13.7. The molecule has 20 heavy (non-hydrogen) atoms. The number of thioether (sulfide) groups is 1. The summed E-state index contributed by atoms with van der Waals surface area (Å²) in [5, 5.41) is 0. The lowest BCUT2D eigenvalue weighted by molar-refractivity contribution is -0.168. The van der Waals surface area contributed by atoms with Crippen LogP contribution in [0.4, 0.5) is 0 Å². The molecule has 2 heterocycles. The van der Waals surface area contributed by atoms with Gasteiger partial charge in [0.2, 0.25) is 0 Å². The first kappa shape index (κ1) is 16.1. The van der Waals surface area contributed by atoms with Crippen molar-refractivity contribution in [2.45, 2.75) is 63.6 Å². The summed E-state index contributed by atoms with van der Waals surface area (Å²) >= 11 is 1.78. The number of ether oxygens (including phenoxy) is 1. The van der Waals surface area contributed by atoms with E-state index in [2.05, 4.69) is 50.7 Å². The van der Waals surface area contributed by atoms with Gasteiger partial charge >= 0.3 is 5.97 Å². The van der Waals surface area contributed by atoms with Gasteiger partial charge in [-0.15, -0.1) is 11.8 Å². The molecule has 0 aromatic heterocycles. The van der Waals surface area contributed by atoms with Gasteiger partial charge in [-0.2, -0.15) is 0 Å². The van der Waals surface area contributed by atoms with Crippen LogP contribution in [0, 0.1) is 0 Å². The van der Waals surface area contributed by atoms with Crippen molar-refractivity contribution < 1.29 is 9.53 Å². The van der Waals surface area contributed by atoms with Crippen molar-refractivity contribution in [3.05, 3.63) is 0 Å². The fraction of sp³-hybridized carbons (Fsp3) is 0.933. The number of nitrogens with zero attached hydrogens (tertiary/aromatic N) is 2. The molecule has 1 spiro atoms. The quantitative estimate of drug-likeness (QED) is 0.732. The zero-order valence-corrected chi connectivity index (χ0v) is 14.5. The Balaban J connectivity index is 2.16. The number of hydrogen-bond acceptors (Lipinski definition) is 5. The average Bonchev–Trinajstić information content (AvgIpc) is 2.66. The topological polar surface area (TPSA) is 32.8 Å². The van der Waals surface area contributed by atoms with E-state index in [1.807, 2.05) is 0 Å². The minimum Gasteiger partial charge on any atom is -0.443 e. The van der Waals surface area contributed by atoms with Crippen LogP contribution in [-0.4, -0.2) is 57.8 Å². The summed E-state index contributed by atoms with van der Waals surface area (Å²) in [6.07, 6.45) is 3.90. The fourth-order valence-corrected chi connectivity index (χ4v) is 3.71. The molecule has 2 aliphatic heterocycles. The lowest BCUT2D eigenvalue weighted by Gasteiger charge is -2.50. The zero-order chi connectivity index (χ0) is 15.2. The number of carbonyl (C=O) groups excluding carboxylic acids is 1. The lowest BCUT2D eigenvalue weighted by Crippen LogP contribution is -2.60. The van der Waals surface area contributed by atoms with Crippen LogP contribution in [0.5, 0.6) is 0 Å². The van der Waals surface area contributed by atoms with Gasteiger partial charge in [0, 0.05) is 31.5 Å². The van der Waals surface area contributed by atoms with Crippen molar-refractivity contribution in [3.8, 4) is 0 Å². The van der Waals surface area contributed by atoms with Crippen molar-refractivity contribution in [2.75, 3.05) is 25.9 Å². The molecule has 4 nitrogen and oxygen atoms in total. The van der Waals surface area contributed by atoms with E-state index >= 15 is 0 Å². The maximum atomic E-state index is 11.9. The minimum absolute atomic E-state index is 0.0728. The second-order valence-corrected chi connectivity index (χ2v) is 8.72. The van der Waals surface area contributed by atoms with Crippen molar-refractivity contribution in [3.63, 3.8) is 0 Å². The van der Waals surface area contributed by atoms with Gasteiger partial charge in [0.25, 0.3) is 0 Å². The standard InChI is InChI=1S/C15H28N2O2S/c1-13(2,3)16-9-7-15(8-10-16)17(11-12(18)19-15)14(4,5)20-6/h7-11H2,1-6H3. The normalized spacial score (nSPS) is 25.2. The lowest BCUT2D eigenvalue weighted by atomic mass is 9.93. The molecule has 0 N–H and O–H groups in total.